The third-order valence-corrected chi connectivity index (χ3v) is 27.9. The molecule has 4 saturated carbocycles. The highest BCUT2D eigenvalue weighted by Crippen LogP contribution is 2.48. The molecular weight excluding hydrogens is 1960 g/mol. The number of pyridine rings is 2. The van der Waals surface area contributed by atoms with Crippen LogP contribution in [0.2, 0.25) is 10.0 Å². The first-order valence-corrected chi connectivity index (χ1v) is 49.0. The van der Waals surface area contributed by atoms with Crippen LogP contribution in [0, 0.1) is 33.5 Å². The van der Waals surface area contributed by atoms with Gasteiger partial charge in [-0.05, 0) is 140 Å². The number of fused-ring (bicyclic) bond motifs is 2. The van der Waals surface area contributed by atoms with Crippen LogP contribution in [0.4, 0.5) is 22.7 Å². The minimum absolute atomic E-state index is 0. The molecule has 2 aliphatic heterocycles. The molecular formula is C100H130Cl4N12O24S2. The summed E-state index contributed by atoms with van der Waals surface area (Å²) in [6, 6.07) is 35.7. The van der Waals surface area contributed by atoms with E-state index < -0.39 is 142 Å². The molecule has 2 saturated heterocycles. The van der Waals surface area contributed by atoms with E-state index in [9.17, 15) is 70.2 Å². The topological polar surface area (TPSA) is 508 Å². The summed E-state index contributed by atoms with van der Waals surface area (Å²) in [5.74, 6) is -3.08. The van der Waals surface area contributed by atoms with Gasteiger partial charge in [-0.1, -0.05) is 143 Å². The van der Waals surface area contributed by atoms with Crippen molar-refractivity contribution in [2.24, 2.45) is 33.5 Å². The summed E-state index contributed by atoms with van der Waals surface area (Å²) in [7, 11) is 1.81. The Balaban J connectivity index is 0.000000261. The number of ether oxygens (including phenoxy) is 8. The Morgan fingerprint density at radius 3 is 1.20 bits per heavy atom. The molecule has 0 spiro atoms. The fourth-order valence-electron chi connectivity index (χ4n) is 15.3. The number of nitrogens with zero attached hydrogens (tertiary/aromatic N) is 3. The van der Waals surface area contributed by atoms with Gasteiger partial charge >= 0.3 is 17.9 Å². The number of hydrogen-bond donors (Lipinski definition) is 12. The number of hydrogen-bond acceptors (Lipinski definition) is 28. The lowest BCUT2D eigenvalue weighted by atomic mass is 9.85. The van der Waals surface area contributed by atoms with Crippen molar-refractivity contribution in [3.05, 3.63) is 181 Å². The molecule has 5 amide bonds. The normalized spacial score (nSPS) is 19.8. The number of aromatic nitrogens is 2. The summed E-state index contributed by atoms with van der Waals surface area (Å²) in [6.07, 6.45) is 7.97. The van der Waals surface area contributed by atoms with Crippen LogP contribution in [-0.2, 0) is 63.2 Å². The summed E-state index contributed by atoms with van der Waals surface area (Å²) in [4.78, 5) is 122. The number of aliphatic carboxylic acids is 3. The largest absolute Gasteiger partial charge is 0.497 e. The summed E-state index contributed by atoms with van der Waals surface area (Å²) < 4.78 is 98.2. The maximum absolute atomic E-state index is 14.7. The van der Waals surface area contributed by atoms with E-state index in [-0.39, 0.29) is 78.8 Å². The molecule has 4 heterocycles. The van der Waals surface area contributed by atoms with Gasteiger partial charge in [0.2, 0.25) is 55.3 Å². The first-order valence-electron chi connectivity index (χ1n) is 45.1. The SMILES string of the molecule is C=C[C@@H]1C[C@]1(NC(=O)[C@@H]1C[C@@H](Oc2ncc(OC)c3ccc(Cl)cc23)CN1)C(=O)NS(=O)(=O)C1CC1.C=C[C@@H]1C[C@]1(NC(=O)[C@@H]1C[C@@H](Oc2ncc(OC)c3ccc(Cl)cc23)CN1C(=O)C(Nc1cccc(OC)c1)C(C)(C)C)C(=O)NS(=O)(=O)C1CC1.CC(C)(C)C(=O)C(=O)O.COc1cccc(N)c1.COc1cccc(NC(C(=O)O)C(C)(C)C)c1.COc1cccc(NC(C(=O)O)C(C)(C)C)c1.Cl.Cl. The second kappa shape index (κ2) is 49.1. The van der Waals surface area contributed by atoms with E-state index in [2.05, 4.69) is 64.5 Å². The molecule has 142 heavy (non-hydrogen) atoms. The number of benzene rings is 6. The third-order valence-electron chi connectivity index (χ3n) is 23.8. The van der Waals surface area contributed by atoms with Gasteiger partial charge in [0.1, 0.15) is 82.0 Å². The Morgan fingerprint density at radius 2 is 0.873 bits per heavy atom. The molecule has 774 valence electrons. The summed E-state index contributed by atoms with van der Waals surface area (Å²) in [6.45, 7) is 29.7. The molecule has 11 atom stereocenters. The quantitative estimate of drug-likeness (QED) is 0.0106. The van der Waals surface area contributed by atoms with Gasteiger partial charge in [-0.2, -0.15) is 0 Å². The lowest BCUT2D eigenvalue weighted by Crippen LogP contribution is -2.58. The van der Waals surface area contributed by atoms with Gasteiger partial charge in [0.15, 0.2) is 0 Å². The average molecular weight is 2090 g/mol. The first kappa shape index (κ1) is 117. The van der Waals surface area contributed by atoms with Crippen molar-refractivity contribution >= 4 is 166 Å². The van der Waals surface area contributed by atoms with Gasteiger partial charge in [0, 0.05) is 115 Å². The number of sulfonamides is 2. The number of likely N-dealkylation sites (tertiary alicyclic amines) is 1. The molecule has 14 rings (SSSR count). The smallest absolute Gasteiger partial charge is 0.372 e. The number of nitrogen functional groups attached to an aromatic ring is 1. The Labute approximate surface area is 850 Å². The van der Waals surface area contributed by atoms with E-state index >= 15 is 0 Å². The predicted octanol–water partition coefficient (Wildman–Crippen LogP) is 14.1. The monoisotopic (exact) mass is 2090 g/mol. The van der Waals surface area contributed by atoms with Crippen LogP contribution in [0.15, 0.2) is 171 Å². The van der Waals surface area contributed by atoms with Crippen LogP contribution in [0.5, 0.6) is 46.3 Å². The molecule has 0 radical (unpaired) electrons. The standard InChI is InChI=1S/C37H44ClN5O8S.C24H27ClN4O6S.2C13H19NO3.C7H9NO.C6H10O3.2ClH/c1-7-21-18-37(21,35(46)42-52(47,48)26-12-13-26)41-32(44)29-17-25(51-33-28-15-22(38)11-14-27(28)30(50-6)19-39-33)20-43(29)34(45)31(36(2,3)4)40-23-9-8-10-24(16-23)49-5;1-3-13-10-24(13,23(31)29-36(32,33)16-5-6-16)28-21(30)19-9-15(11-26-19)35-22-18-8-14(25)4-7-17(18)20(34-2)12-27-22;2*1-13(2,3)11(12(15)16)14-9-6-5-7-10(8-9)17-4;1-9-7-4-2-3-6(8)5-7;1-6(2,3)4(7)5(8)9;;/h7-11,14-16,19,21,25-26,29,31,40H,1,12-13,17-18,20H2,2-6H3,(H,41,44)(H,42,46);3-4,7-8,12-13,15-16,19,26H,1,5-6,9-11H2,2H3,(H,28,30)(H,29,31);2*5-8,11,14H,1-4H3,(H,15,16);2-5H,8H2,1H3;1-3H3,(H,8,9);2*1H/t21-,25-,29+,31?,37-;13-,15-,19+,24-;;;;;;/m11....../s1. The van der Waals surface area contributed by atoms with Crippen molar-refractivity contribution in [2.75, 3.05) is 77.4 Å². The average Bonchev–Trinajstić information content (AvgIpc) is 1.56. The minimum Gasteiger partial charge on any atom is -0.497 e. The van der Waals surface area contributed by atoms with Crippen molar-refractivity contribution in [1.29, 1.82) is 0 Å². The first-order chi connectivity index (χ1) is 65.6. The van der Waals surface area contributed by atoms with E-state index in [1.807, 2.05) is 129 Å². The summed E-state index contributed by atoms with van der Waals surface area (Å²) in [5, 5.41) is 47.3. The van der Waals surface area contributed by atoms with Crippen LogP contribution in [0.1, 0.15) is 134 Å². The van der Waals surface area contributed by atoms with Gasteiger partial charge in [-0.25, -0.2) is 41.2 Å². The highest BCUT2D eigenvalue weighted by atomic mass is 35.5. The Hall–Kier alpha value is -12.3. The van der Waals surface area contributed by atoms with Crippen LogP contribution in [-0.4, -0.2) is 220 Å². The highest BCUT2D eigenvalue weighted by Gasteiger charge is 2.63. The fraction of sp³-hybridized carbons (Fsp3) is 0.450. The lowest BCUT2D eigenvalue weighted by molar-refractivity contribution is -0.152. The van der Waals surface area contributed by atoms with Crippen molar-refractivity contribution in [1.82, 2.24) is 40.3 Å². The molecule has 36 nitrogen and oxygen atoms in total. The Bertz CT molecular complexity index is 6030. The molecule has 2 aromatic heterocycles. The molecule has 4 aliphatic carbocycles. The van der Waals surface area contributed by atoms with Crippen LogP contribution < -0.4 is 85.0 Å². The number of nitrogens with two attached hydrogens (primary N) is 1. The number of carboxylic acids is 3. The van der Waals surface area contributed by atoms with E-state index in [0.29, 0.717) is 112 Å². The maximum atomic E-state index is 14.7. The number of carbonyl (C=O) groups excluding carboxylic acids is 6. The molecule has 3 unspecified atom stereocenters. The van der Waals surface area contributed by atoms with Crippen LogP contribution in [0.25, 0.3) is 21.5 Å². The number of ketones is 1. The highest BCUT2D eigenvalue weighted by molar-refractivity contribution is 7.91. The second-order valence-corrected chi connectivity index (χ2v) is 43.6. The van der Waals surface area contributed by atoms with E-state index in [0.717, 1.165) is 28.2 Å². The van der Waals surface area contributed by atoms with Crippen LogP contribution in [0.3, 0.4) is 0 Å². The van der Waals surface area contributed by atoms with Gasteiger partial charge in [0.25, 0.3) is 11.8 Å². The number of halogens is 4. The van der Waals surface area contributed by atoms with Gasteiger partial charge < -0.3 is 95.7 Å². The number of carboxylic acid groups (broad SMARTS) is 3. The summed E-state index contributed by atoms with van der Waals surface area (Å²) >= 11 is 12.5. The molecule has 0 bridgehead atoms. The van der Waals surface area contributed by atoms with Crippen LogP contribution >= 0.6 is 48.0 Å². The predicted molar refractivity (Wildman–Crippen MR) is 549 cm³/mol. The zero-order valence-electron chi connectivity index (χ0n) is 82.6. The van der Waals surface area contributed by atoms with Crippen molar-refractivity contribution in [3.63, 3.8) is 0 Å². The lowest BCUT2D eigenvalue weighted by Gasteiger charge is -2.36. The van der Waals surface area contributed by atoms with Crippen molar-refractivity contribution in [3.8, 4) is 46.3 Å². The molecule has 6 aromatic carbocycles. The number of nitrogens with one attached hydrogen (secondary N) is 8. The Kier molecular flexibility index (Phi) is 40.3. The number of methoxy groups -OCH3 is 6. The fourth-order valence-corrected chi connectivity index (χ4v) is 18.4. The number of carbonyl (C=O) groups is 9. The molecule has 6 fully saturated rings. The maximum Gasteiger partial charge on any atom is 0.372 e. The second-order valence-electron chi connectivity index (χ2n) is 38.8. The zero-order valence-corrected chi connectivity index (χ0v) is 87.3. The molecule has 42 heteroatoms. The number of Topliss-reactive ketones (excluding diaryl/α,β-unsaturated/α-hetero) is 1. The molecule has 8 aromatic rings. The number of rotatable bonds is 32. The summed E-state index contributed by atoms with van der Waals surface area (Å²) in [5.41, 5.74) is 3.35. The molecule has 6 aliphatic rings. The minimum atomic E-state index is -3.88. The Morgan fingerprint density at radius 1 is 0.500 bits per heavy atom. The van der Waals surface area contributed by atoms with Crippen molar-refractivity contribution < 1.29 is 113 Å². The van der Waals surface area contributed by atoms with E-state index in [4.69, 9.17) is 71.9 Å². The number of amides is 5. The van der Waals surface area contributed by atoms with Gasteiger partial charge in [-0.15, -0.1) is 38.0 Å². The van der Waals surface area contributed by atoms with E-state index in [1.165, 1.54) is 24.3 Å². The zero-order chi connectivity index (χ0) is 104. The molecule has 13 N–H and O–H groups in total. The van der Waals surface area contributed by atoms with Crippen molar-refractivity contribution in [2.45, 2.75) is 198 Å². The van der Waals surface area contributed by atoms with Gasteiger partial charge in [0.05, 0.1) is 78.1 Å². The van der Waals surface area contributed by atoms with E-state index in [1.54, 1.807) is 135 Å². The third kappa shape index (κ3) is 31.1. The number of anilines is 4. The van der Waals surface area contributed by atoms with Gasteiger partial charge in [-0.3, -0.25) is 38.2 Å².